The molecule has 0 unspecified atom stereocenters. The fourth-order valence-corrected chi connectivity index (χ4v) is 2.97. The second-order valence-corrected chi connectivity index (χ2v) is 5.25. The third-order valence-electron chi connectivity index (χ3n) is 4.07. The summed E-state index contributed by atoms with van der Waals surface area (Å²) in [4.78, 5) is 6.72. The third kappa shape index (κ3) is 2.76. The molecule has 2 heterocycles. The van der Waals surface area contributed by atoms with Gasteiger partial charge >= 0.3 is 0 Å². The number of benzene rings is 1. The summed E-state index contributed by atoms with van der Waals surface area (Å²) in [7, 11) is 0. The van der Waals surface area contributed by atoms with Crippen molar-refractivity contribution in [3.63, 3.8) is 0 Å². The average Bonchev–Trinajstić information content (AvgIpc) is 3.03. The zero-order valence-electron chi connectivity index (χ0n) is 11.9. The van der Waals surface area contributed by atoms with Crippen LogP contribution in [0.5, 0.6) is 0 Å². The fourth-order valence-electron chi connectivity index (χ4n) is 2.97. The predicted octanol–water partition coefficient (Wildman–Crippen LogP) is 2.19. The summed E-state index contributed by atoms with van der Waals surface area (Å²) in [5, 5.41) is 0. The van der Waals surface area contributed by atoms with Gasteiger partial charge in [-0.25, -0.2) is 4.98 Å². The summed E-state index contributed by atoms with van der Waals surface area (Å²) in [6.07, 6.45) is 5.81. The van der Waals surface area contributed by atoms with E-state index in [9.17, 15) is 0 Å². The van der Waals surface area contributed by atoms with Crippen molar-refractivity contribution in [3.8, 4) is 0 Å². The van der Waals surface area contributed by atoms with Gasteiger partial charge in [0, 0.05) is 31.5 Å². The number of rotatable bonds is 4. The first kappa shape index (κ1) is 13.3. The minimum absolute atomic E-state index is 0.289. The molecule has 0 bridgehead atoms. The van der Waals surface area contributed by atoms with E-state index in [-0.39, 0.29) is 6.04 Å². The van der Waals surface area contributed by atoms with Gasteiger partial charge in [-0.15, -0.1) is 0 Å². The Kier molecular flexibility index (Phi) is 4.14. The van der Waals surface area contributed by atoms with Crippen molar-refractivity contribution in [1.82, 2.24) is 14.5 Å². The molecule has 1 saturated heterocycles. The Balaban J connectivity index is 1.89. The molecule has 1 aromatic heterocycles. The Morgan fingerprint density at radius 2 is 1.90 bits per heavy atom. The summed E-state index contributed by atoms with van der Waals surface area (Å²) in [5.41, 5.74) is 1.32. The van der Waals surface area contributed by atoms with Gasteiger partial charge in [-0.2, -0.15) is 0 Å². The lowest BCUT2D eigenvalue weighted by Gasteiger charge is -2.37. The molecule has 1 aliphatic rings. The zero-order valence-corrected chi connectivity index (χ0v) is 11.9. The molecule has 0 saturated carbocycles. The number of morpholine rings is 1. The van der Waals surface area contributed by atoms with Gasteiger partial charge in [0.15, 0.2) is 0 Å². The van der Waals surface area contributed by atoms with E-state index < -0.39 is 0 Å². The van der Waals surface area contributed by atoms with Gasteiger partial charge in [-0.05, 0) is 12.5 Å². The molecule has 1 aromatic carbocycles. The van der Waals surface area contributed by atoms with Gasteiger partial charge < -0.3 is 9.30 Å². The second kappa shape index (κ2) is 6.20. The maximum Gasteiger partial charge on any atom is 0.0952 e. The van der Waals surface area contributed by atoms with E-state index in [0.717, 1.165) is 26.3 Å². The van der Waals surface area contributed by atoms with E-state index >= 15 is 0 Å². The maximum absolute atomic E-state index is 5.47. The topological polar surface area (TPSA) is 30.3 Å². The SMILES string of the molecule is C[C@@H]([C@@H](c1ccccc1)n1ccnc1)N1CCOCC1. The molecule has 3 rings (SSSR count). The Labute approximate surface area is 120 Å². The van der Waals surface area contributed by atoms with Crippen LogP contribution in [0.3, 0.4) is 0 Å². The molecule has 2 aromatic rings. The Morgan fingerprint density at radius 1 is 1.15 bits per heavy atom. The van der Waals surface area contributed by atoms with Crippen molar-refractivity contribution in [2.45, 2.75) is 19.0 Å². The molecule has 0 radical (unpaired) electrons. The fraction of sp³-hybridized carbons (Fsp3) is 0.438. The van der Waals surface area contributed by atoms with Crippen molar-refractivity contribution >= 4 is 0 Å². The van der Waals surface area contributed by atoms with E-state index in [1.54, 1.807) is 0 Å². The summed E-state index contributed by atoms with van der Waals surface area (Å²) in [5.74, 6) is 0. The van der Waals surface area contributed by atoms with Crippen LogP contribution < -0.4 is 0 Å². The maximum atomic E-state index is 5.47. The highest BCUT2D eigenvalue weighted by Crippen LogP contribution is 2.25. The van der Waals surface area contributed by atoms with Gasteiger partial charge in [0.1, 0.15) is 0 Å². The van der Waals surface area contributed by atoms with E-state index in [1.165, 1.54) is 5.56 Å². The van der Waals surface area contributed by atoms with Crippen LogP contribution in [-0.2, 0) is 4.74 Å². The summed E-state index contributed by atoms with van der Waals surface area (Å²) in [6, 6.07) is 11.4. The number of nitrogens with zero attached hydrogens (tertiary/aromatic N) is 3. The first-order valence-corrected chi connectivity index (χ1v) is 7.20. The normalized spacial score (nSPS) is 19.6. The van der Waals surface area contributed by atoms with Crippen LogP contribution in [0, 0.1) is 0 Å². The van der Waals surface area contributed by atoms with Crippen LogP contribution >= 0.6 is 0 Å². The zero-order chi connectivity index (χ0) is 13.8. The van der Waals surface area contributed by atoms with Crippen LogP contribution in [0.25, 0.3) is 0 Å². The highest BCUT2D eigenvalue weighted by molar-refractivity contribution is 5.21. The molecule has 106 valence electrons. The monoisotopic (exact) mass is 271 g/mol. The van der Waals surface area contributed by atoms with Gasteiger partial charge in [0.25, 0.3) is 0 Å². The highest BCUT2D eigenvalue weighted by Gasteiger charge is 2.27. The molecule has 0 amide bonds. The number of imidazole rings is 1. The standard InChI is InChI=1S/C16H21N3O/c1-14(18-9-11-20-12-10-18)16(19-8-7-17-13-19)15-5-3-2-4-6-15/h2-8,13-14,16H,9-12H2,1H3/t14-,16-/m0/s1. The molecule has 4 nitrogen and oxygen atoms in total. The van der Waals surface area contributed by atoms with Gasteiger partial charge in [-0.1, -0.05) is 30.3 Å². The predicted molar refractivity (Wildman–Crippen MR) is 78.7 cm³/mol. The van der Waals surface area contributed by atoms with Crippen LogP contribution in [0.4, 0.5) is 0 Å². The Morgan fingerprint density at radius 3 is 2.55 bits per heavy atom. The molecule has 1 fully saturated rings. The lowest BCUT2D eigenvalue weighted by atomic mass is 9.98. The highest BCUT2D eigenvalue weighted by atomic mass is 16.5. The van der Waals surface area contributed by atoms with Crippen LogP contribution in [0.15, 0.2) is 49.1 Å². The average molecular weight is 271 g/mol. The number of ether oxygens (including phenoxy) is 1. The molecule has 4 heteroatoms. The first-order valence-electron chi connectivity index (χ1n) is 7.20. The molecular formula is C16H21N3O. The molecular weight excluding hydrogens is 250 g/mol. The summed E-state index contributed by atoms with van der Waals surface area (Å²) >= 11 is 0. The van der Waals surface area contributed by atoms with Crippen LogP contribution in [0.1, 0.15) is 18.5 Å². The first-order chi connectivity index (χ1) is 9.86. The Hall–Kier alpha value is -1.65. The van der Waals surface area contributed by atoms with E-state index in [4.69, 9.17) is 4.74 Å². The van der Waals surface area contributed by atoms with E-state index in [0.29, 0.717) is 6.04 Å². The minimum atomic E-state index is 0.289. The van der Waals surface area contributed by atoms with Gasteiger partial charge in [0.05, 0.1) is 25.6 Å². The van der Waals surface area contributed by atoms with Crippen molar-refractivity contribution in [2.75, 3.05) is 26.3 Å². The largest absolute Gasteiger partial charge is 0.379 e. The van der Waals surface area contributed by atoms with Crippen LogP contribution in [-0.4, -0.2) is 46.8 Å². The molecule has 0 aliphatic carbocycles. The van der Waals surface area contributed by atoms with Gasteiger partial charge in [-0.3, -0.25) is 4.90 Å². The van der Waals surface area contributed by atoms with Crippen molar-refractivity contribution in [3.05, 3.63) is 54.6 Å². The summed E-state index contributed by atoms with van der Waals surface area (Å²) in [6.45, 7) is 5.95. The number of aromatic nitrogens is 2. The van der Waals surface area contributed by atoms with Gasteiger partial charge in [0.2, 0.25) is 0 Å². The van der Waals surface area contributed by atoms with Crippen molar-refractivity contribution < 1.29 is 4.74 Å². The number of hydrogen-bond donors (Lipinski definition) is 0. The summed E-state index contributed by atoms with van der Waals surface area (Å²) < 4.78 is 7.67. The van der Waals surface area contributed by atoms with E-state index in [2.05, 4.69) is 57.9 Å². The molecule has 1 aliphatic heterocycles. The smallest absolute Gasteiger partial charge is 0.0952 e. The second-order valence-electron chi connectivity index (χ2n) is 5.25. The lowest BCUT2D eigenvalue weighted by Crippen LogP contribution is -2.46. The lowest BCUT2D eigenvalue weighted by molar-refractivity contribution is 0.0124. The molecule has 20 heavy (non-hydrogen) atoms. The molecule has 0 N–H and O–H groups in total. The molecule has 0 spiro atoms. The molecule has 2 atom stereocenters. The van der Waals surface area contributed by atoms with E-state index in [1.807, 2.05) is 12.5 Å². The number of hydrogen-bond acceptors (Lipinski definition) is 3. The Bertz CT molecular complexity index is 506. The third-order valence-corrected chi connectivity index (χ3v) is 4.07. The van der Waals surface area contributed by atoms with Crippen LogP contribution in [0.2, 0.25) is 0 Å². The van der Waals surface area contributed by atoms with Crippen molar-refractivity contribution in [2.24, 2.45) is 0 Å². The van der Waals surface area contributed by atoms with Crippen molar-refractivity contribution in [1.29, 1.82) is 0 Å². The minimum Gasteiger partial charge on any atom is -0.379 e. The quantitative estimate of drug-likeness (QED) is 0.854.